The van der Waals surface area contributed by atoms with Gasteiger partial charge in [0.2, 0.25) is 5.91 Å². The molecule has 0 radical (unpaired) electrons. The van der Waals surface area contributed by atoms with Gasteiger partial charge >= 0.3 is 0 Å². The predicted molar refractivity (Wildman–Crippen MR) is 93.1 cm³/mol. The number of hydrogen-bond donors (Lipinski definition) is 2. The summed E-state index contributed by atoms with van der Waals surface area (Å²) in [5.41, 5.74) is 4.20. The molecule has 6 nitrogen and oxygen atoms in total. The maximum atomic E-state index is 12.1. The van der Waals surface area contributed by atoms with Gasteiger partial charge in [0.25, 0.3) is 0 Å². The Labute approximate surface area is 142 Å². The highest BCUT2D eigenvalue weighted by molar-refractivity contribution is 7.99. The van der Waals surface area contributed by atoms with Crippen molar-refractivity contribution in [3.8, 4) is 0 Å². The van der Waals surface area contributed by atoms with Crippen molar-refractivity contribution in [2.45, 2.75) is 19.0 Å². The molecule has 1 amide bonds. The van der Waals surface area contributed by atoms with Gasteiger partial charge in [-0.15, -0.1) is 0 Å². The van der Waals surface area contributed by atoms with E-state index in [1.807, 2.05) is 33.0 Å². The first-order chi connectivity index (χ1) is 10.9. The SMILES string of the molecule is Cc1nn(C)c(C)c1NC(=O)CSc1nc2ccc(Cl)cc2[nH]1. The molecule has 120 valence electrons. The number of nitrogens with one attached hydrogen (secondary N) is 2. The maximum Gasteiger partial charge on any atom is 0.234 e. The fourth-order valence-corrected chi connectivity index (χ4v) is 3.15. The molecule has 0 spiro atoms. The van der Waals surface area contributed by atoms with Crippen LogP contribution < -0.4 is 5.32 Å². The molecule has 3 aromatic rings. The van der Waals surface area contributed by atoms with Crippen LogP contribution in [-0.4, -0.2) is 31.4 Å². The van der Waals surface area contributed by atoms with E-state index in [9.17, 15) is 4.79 Å². The number of halogens is 1. The first-order valence-corrected chi connectivity index (χ1v) is 8.38. The van der Waals surface area contributed by atoms with Crippen molar-refractivity contribution in [3.05, 3.63) is 34.6 Å². The number of aromatic nitrogens is 4. The van der Waals surface area contributed by atoms with Crippen molar-refractivity contribution in [2.75, 3.05) is 11.1 Å². The molecular formula is C15H16ClN5OS. The second-order valence-electron chi connectivity index (χ2n) is 5.21. The molecule has 23 heavy (non-hydrogen) atoms. The zero-order chi connectivity index (χ0) is 16.6. The number of carbonyl (C=O) groups is 1. The Morgan fingerprint density at radius 2 is 2.22 bits per heavy atom. The summed E-state index contributed by atoms with van der Waals surface area (Å²) in [7, 11) is 1.85. The molecule has 0 aliphatic heterocycles. The third-order valence-electron chi connectivity index (χ3n) is 3.54. The normalized spacial score (nSPS) is 11.1. The number of fused-ring (bicyclic) bond motifs is 1. The number of amides is 1. The fourth-order valence-electron chi connectivity index (χ4n) is 2.29. The lowest BCUT2D eigenvalue weighted by atomic mass is 10.3. The second-order valence-corrected chi connectivity index (χ2v) is 6.61. The van der Waals surface area contributed by atoms with Crippen LogP contribution in [-0.2, 0) is 11.8 Å². The maximum absolute atomic E-state index is 12.1. The summed E-state index contributed by atoms with van der Waals surface area (Å²) in [5.74, 6) is 0.175. The van der Waals surface area contributed by atoms with Crippen LogP contribution in [0, 0.1) is 13.8 Å². The average Bonchev–Trinajstić information content (AvgIpc) is 3.00. The van der Waals surface area contributed by atoms with Crippen LogP contribution >= 0.6 is 23.4 Å². The van der Waals surface area contributed by atoms with E-state index >= 15 is 0 Å². The third kappa shape index (κ3) is 3.35. The van der Waals surface area contributed by atoms with E-state index in [2.05, 4.69) is 20.4 Å². The number of rotatable bonds is 4. The largest absolute Gasteiger partial charge is 0.333 e. The predicted octanol–water partition coefficient (Wildman–Crippen LogP) is 3.30. The molecule has 2 heterocycles. The van der Waals surface area contributed by atoms with Gasteiger partial charge in [-0.05, 0) is 32.0 Å². The highest BCUT2D eigenvalue weighted by atomic mass is 35.5. The monoisotopic (exact) mass is 349 g/mol. The Bertz CT molecular complexity index is 886. The van der Waals surface area contributed by atoms with Crippen molar-refractivity contribution in [3.63, 3.8) is 0 Å². The topological polar surface area (TPSA) is 75.6 Å². The number of anilines is 1. The summed E-state index contributed by atoms with van der Waals surface area (Å²) < 4.78 is 1.75. The summed E-state index contributed by atoms with van der Waals surface area (Å²) >= 11 is 7.30. The van der Waals surface area contributed by atoms with Crippen LogP contribution in [0.4, 0.5) is 5.69 Å². The van der Waals surface area contributed by atoms with Crippen LogP contribution in [0.15, 0.2) is 23.4 Å². The van der Waals surface area contributed by atoms with E-state index in [-0.39, 0.29) is 11.7 Å². The van der Waals surface area contributed by atoms with Gasteiger partial charge in [-0.25, -0.2) is 4.98 Å². The molecule has 0 bridgehead atoms. The summed E-state index contributed by atoms with van der Waals surface area (Å²) in [6.07, 6.45) is 0. The van der Waals surface area contributed by atoms with Crippen molar-refractivity contribution in [1.82, 2.24) is 19.7 Å². The number of carbonyl (C=O) groups excluding carboxylic acids is 1. The third-order valence-corrected chi connectivity index (χ3v) is 4.64. The van der Waals surface area contributed by atoms with Crippen LogP contribution in [0.1, 0.15) is 11.4 Å². The molecule has 0 fully saturated rings. The molecule has 8 heteroatoms. The Balaban J connectivity index is 1.66. The van der Waals surface area contributed by atoms with Crippen molar-refractivity contribution in [2.24, 2.45) is 7.05 Å². The number of thioether (sulfide) groups is 1. The lowest BCUT2D eigenvalue weighted by molar-refractivity contribution is -0.113. The van der Waals surface area contributed by atoms with E-state index in [4.69, 9.17) is 11.6 Å². The van der Waals surface area contributed by atoms with E-state index in [0.29, 0.717) is 10.2 Å². The minimum absolute atomic E-state index is 0.0901. The standard InChI is InChI=1S/C15H16ClN5OS/c1-8-14(9(2)21(3)20-8)19-13(22)7-23-15-17-11-5-4-10(16)6-12(11)18-15/h4-6H,7H2,1-3H3,(H,17,18)(H,19,22). The number of H-pyrrole nitrogens is 1. The van der Waals surface area contributed by atoms with Crippen LogP contribution in [0.3, 0.4) is 0 Å². The highest BCUT2D eigenvalue weighted by Crippen LogP contribution is 2.23. The van der Waals surface area contributed by atoms with Gasteiger partial charge in [0.05, 0.1) is 33.9 Å². The smallest absolute Gasteiger partial charge is 0.234 e. The molecule has 3 rings (SSSR count). The molecule has 0 aliphatic rings. The summed E-state index contributed by atoms with van der Waals surface area (Å²) in [4.78, 5) is 19.7. The number of aryl methyl sites for hydroxylation is 2. The Hall–Kier alpha value is -1.99. The van der Waals surface area contributed by atoms with Gasteiger partial charge in [-0.3, -0.25) is 9.48 Å². The van der Waals surface area contributed by atoms with Gasteiger partial charge in [-0.2, -0.15) is 5.10 Å². The first-order valence-electron chi connectivity index (χ1n) is 7.02. The number of imidazole rings is 1. The molecule has 0 unspecified atom stereocenters. The quantitative estimate of drug-likeness (QED) is 0.709. The number of benzene rings is 1. The lowest BCUT2D eigenvalue weighted by Crippen LogP contribution is -2.15. The number of hydrogen-bond acceptors (Lipinski definition) is 4. The van der Waals surface area contributed by atoms with E-state index in [1.165, 1.54) is 11.8 Å². The zero-order valence-electron chi connectivity index (χ0n) is 13.0. The van der Waals surface area contributed by atoms with Gasteiger partial charge in [0.1, 0.15) is 0 Å². The molecule has 0 atom stereocenters. The summed E-state index contributed by atoms with van der Waals surface area (Å²) in [6.45, 7) is 3.80. The van der Waals surface area contributed by atoms with E-state index in [0.717, 1.165) is 28.1 Å². The average molecular weight is 350 g/mol. The van der Waals surface area contributed by atoms with Crippen molar-refractivity contribution < 1.29 is 4.79 Å². The Kier molecular flexibility index (Phi) is 4.32. The number of aromatic amines is 1. The molecular weight excluding hydrogens is 334 g/mol. The molecule has 0 saturated carbocycles. The van der Waals surface area contributed by atoms with E-state index in [1.54, 1.807) is 10.7 Å². The zero-order valence-corrected chi connectivity index (χ0v) is 14.5. The summed E-state index contributed by atoms with van der Waals surface area (Å²) in [5, 5.41) is 8.53. The van der Waals surface area contributed by atoms with Crippen molar-refractivity contribution >= 4 is 46.0 Å². The molecule has 2 N–H and O–H groups in total. The minimum Gasteiger partial charge on any atom is -0.333 e. The van der Waals surface area contributed by atoms with Crippen LogP contribution in [0.2, 0.25) is 5.02 Å². The molecule has 1 aromatic carbocycles. The fraction of sp³-hybridized carbons (Fsp3) is 0.267. The lowest BCUT2D eigenvalue weighted by Gasteiger charge is -2.04. The Morgan fingerprint density at radius 3 is 2.91 bits per heavy atom. The molecule has 0 aliphatic carbocycles. The highest BCUT2D eigenvalue weighted by Gasteiger charge is 2.13. The van der Waals surface area contributed by atoms with Crippen LogP contribution in [0.25, 0.3) is 11.0 Å². The first kappa shape index (κ1) is 15.9. The van der Waals surface area contributed by atoms with Gasteiger partial charge in [-0.1, -0.05) is 23.4 Å². The summed E-state index contributed by atoms with van der Waals surface area (Å²) in [6, 6.07) is 5.46. The second kappa shape index (κ2) is 6.25. The molecule has 0 saturated heterocycles. The van der Waals surface area contributed by atoms with E-state index < -0.39 is 0 Å². The molecule has 2 aromatic heterocycles. The Morgan fingerprint density at radius 1 is 1.43 bits per heavy atom. The number of nitrogens with zero attached hydrogens (tertiary/aromatic N) is 3. The van der Waals surface area contributed by atoms with Crippen molar-refractivity contribution in [1.29, 1.82) is 0 Å². The van der Waals surface area contributed by atoms with Crippen LogP contribution in [0.5, 0.6) is 0 Å². The van der Waals surface area contributed by atoms with Gasteiger partial charge in [0, 0.05) is 12.1 Å². The minimum atomic E-state index is -0.0901. The van der Waals surface area contributed by atoms with Gasteiger partial charge in [0.15, 0.2) is 5.16 Å². The van der Waals surface area contributed by atoms with Gasteiger partial charge < -0.3 is 10.3 Å².